The second-order valence-corrected chi connectivity index (χ2v) is 6.53. The number of hydrogen-bond acceptors (Lipinski definition) is 5. The quantitative estimate of drug-likeness (QED) is 0.825. The minimum absolute atomic E-state index is 0.000617. The molecule has 0 spiro atoms. The van der Waals surface area contributed by atoms with Crippen LogP contribution < -0.4 is 0 Å². The van der Waals surface area contributed by atoms with Gasteiger partial charge in [0.2, 0.25) is 0 Å². The average molecular weight is 317 g/mol. The van der Waals surface area contributed by atoms with E-state index < -0.39 is 0 Å². The smallest absolute Gasteiger partial charge is 0.272 e. The number of pyridine rings is 1. The molecule has 3 aliphatic heterocycles. The molecule has 0 unspecified atom stereocenters. The first-order valence-corrected chi connectivity index (χ1v) is 8.49. The van der Waals surface area contributed by atoms with Crippen LogP contribution in [0, 0.1) is 0 Å². The van der Waals surface area contributed by atoms with Gasteiger partial charge in [0, 0.05) is 39.0 Å². The third-order valence-electron chi connectivity index (χ3n) is 5.05. The van der Waals surface area contributed by atoms with Crippen molar-refractivity contribution in [2.24, 2.45) is 0 Å². The van der Waals surface area contributed by atoms with E-state index in [1.54, 1.807) is 12.3 Å². The van der Waals surface area contributed by atoms with Gasteiger partial charge in [0.05, 0.1) is 24.9 Å². The fourth-order valence-electron chi connectivity index (χ4n) is 3.85. The summed E-state index contributed by atoms with van der Waals surface area (Å²) in [6, 6.07) is 5.73. The maximum atomic E-state index is 12.6. The minimum Gasteiger partial charge on any atom is -0.377 e. The maximum absolute atomic E-state index is 12.6. The molecule has 0 aromatic carbocycles. The molecule has 1 aromatic heterocycles. The number of carbonyl (C=O) groups excluding carboxylic acids is 1. The molecule has 3 aliphatic rings. The first-order chi connectivity index (χ1) is 11.3. The van der Waals surface area contributed by atoms with E-state index >= 15 is 0 Å². The molecule has 0 N–H and O–H groups in total. The van der Waals surface area contributed by atoms with Crippen molar-refractivity contribution in [3.8, 4) is 0 Å². The van der Waals surface area contributed by atoms with E-state index in [1.165, 1.54) is 0 Å². The number of hydrogen-bond donors (Lipinski definition) is 0. The van der Waals surface area contributed by atoms with Crippen molar-refractivity contribution >= 4 is 5.91 Å². The predicted octanol–water partition coefficient (Wildman–Crippen LogP) is 0.786. The SMILES string of the molecule is O=C(c1ccccn1)N1C[C@@H]2OCCN(C[C@@H]3CCCO3)[C@@H]2C1. The lowest BCUT2D eigenvalue weighted by atomic mass is 10.1. The van der Waals surface area contributed by atoms with Crippen molar-refractivity contribution in [3.05, 3.63) is 30.1 Å². The summed E-state index contributed by atoms with van der Waals surface area (Å²) < 4.78 is 11.7. The van der Waals surface area contributed by atoms with Crippen LogP contribution in [0.2, 0.25) is 0 Å². The molecule has 0 aliphatic carbocycles. The van der Waals surface area contributed by atoms with Gasteiger partial charge >= 0.3 is 0 Å². The zero-order valence-corrected chi connectivity index (χ0v) is 13.3. The Hall–Kier alpha value is -1.50. The van der Waals surface area contributed by atoms with E-state index in [2.05, 4.69) is 9.88 Å². The summed E-state index contributed by atoms with van der Waals surface area (Å²) in [5, 5.41) is 0. The highest BCUT2D eigenvalue weighted by Gasteiger charge is 2.42. The molecule has 0 saturated carbocycles. The van der Waals surface area contributed by atoms with Crippen molar-refractivity contribution < 1.29 is 14.3 Å². The molecule has 0 bridgehead atoms. The van der Waals surface area contributed by atoms with Gasteiger partial charge in [-0.1, -0.05) is 6.07 Å². The van der Waals surface area contributed by atoms with E-state index in [-0.39, 0.29) is 18.1 Å². The number of likely N-dealkylation sites (tertiary alicyclic amines) is 1. The van der Waals surface area contributed by atoms with E-state index in [0.717, 1.165) is 39.1 Å². The molecule has 3 saturated heterocycles. The third-order valence-corrected chi connectivity index (χ3v) is 5.05. The van der Waals surface area contributed by atoms with E-state index in [4.69, 9.17) is 9.47 Å². The lowest BCUT2D eigenvalue weighted by molar-refractivity contribution is -0.0614. The number of carbonyl (C=O) groups is 1. The lowest BCUT2D eigenvalue weighted by Crippen LogP contribution is -2.52. The van der Waals surface area contributed by atoms with E-state index in [0.29, 0.717) is 24.9 Å². The second kappa shape index (κ2) is 6.55. The highest BCUT2D eigenvalue weighted by molar-refractivity contribution is 5.92. The standard InChI is InChI=1S/C17H23N3O3/c21-17(14-5-1-2-6-18-14)20-11-15-16(12-20)23-9-7-19(15)10-13-4-3-8-22-13/h1-2,5-6,13,15-16H,3-4,7-12H2/t13-,15+,16-/m0/s1. The minimum atomic E-state index is 0.000617. The van der Waals surface area contributed by atoms with Crippen molar-refractivity contribution in [1.82, 2.24) is 14.8 Å². The van der Waals surface area contributed by atoms with Gasteiger partial charge in [-0.05, 0) is 25.0 Å². The Morgan fingerprint density at radius 2 is 2.22 bits per heavy atom. The van der Waals surface area contributed by atoms with Gasteiger partial charge in [-0.15, -0.1) is 0 Å². The fourth-order valence-corrected chi connectivity index (χ4v) is 3.85. The van der Waals surface area contributed by atoms with Gasteiger partial charge in [0.15, 0.2) is 0 Å². The molecular formula is C17H23N3O3. The number of ether oxygens (including phenoxy) is 2. The summed E-state index contributed by atoms with van der Waals surface area (Å²) in [5.41, 5.74) is 0.511. The zero-order chi connectivity index (χ0) is 15.6. The summed E-state index contributed by atoms with van der Waals surface area (Å²) in [6.45, 7) is 4.87. The van der Waals surface area contributed by atoms with Crippen LogP contribution in [-0.2, 0) is 9.47 Å². The van der Waals surface area contributed by atoms with Crippen LogP contribution in [0.4, 0.5) is 0 Å². The molecule has 0 radical (unpaired) electrons. The lowest BCUT2D eigenvalue weighted by Gasteiger charge is -2.37. The van der Waals surface area contributed by atoms with Crippen LogP contribution in [0.3, 0.4) is 0 Å². The van der Waals surface area contributed by atoms with Gasteiger partial charge < -0.3 is 14.4 Å². The Kier molecular flexibility index (Phi) is 4.29. The molecular weight excluding hydrogens is 294 g/mol. The van der Waals surface area contributed by atoms with Gasteiger partial charge in [-0.3, -0.25) is 14.7 Å². The highest BCUT2D eigenvalue weighted by atomic mass is 16.5. The average Bonchev–Trinajstić information content (AvgIpc) is 3.25. The Balaban J connectivity index is 1.43. The first-order valence-electron chi connectivity index (χ1n) is 8.49. The van der Waals surface area contributed by atoms with E-state index in [9.17, 15) is 4.79 Å². The fraction of sp³-hybridized carbons (Fsp3) is 0.647. The van der Waals surface area contributed by atoms with Gasteiger partial charge in [-0.25, -0.2) is 0 Å². The summed E-state index contributed by atoms with van der Waals surface area (Å²) in [6.07, 6.45) is 4.42. The van der Waals surface area contributed by atoms with Gasteiger partial charge in [-0.2, -0.15) is 0 Å². The van der Waals surface area contributed by atoms with Crippen LogP contribution in [0.5, 0.6) is 0 Å². The summed E-state index contributed by atoms with van der Waals surface area (Å²) >= 11 is 0. The van der Waals surface area contributed by atoms with Crippen molar-refractivity contribution in [2.45, 2.75) is 31.1 Å². The molecule has 1 amide bonds. The predicted molar refractivity (Wildman–Crippen MR) is 84.2 cm³/mol. The molecule has 23 heavy (non-hydrogen) atoms. The monoisotopic (exact) mass is 317 g/mol. The van der Waals surface area contributed by atoms with Gasteiger partial charge in [0.1, 0.15) is 5.69 Å². The molecule has 1 aromatic rings. The molecule has 3 atom stereocenters. The number of rotatable bonds is 3. The Labute approximate surface area is 136 Å². The molecule has 4 heterocycles. The number of aromatic nitrogens is 1. The van der Waals surface area contributed by atoms with Crippen LogP contribution >= 0.6 is 0 Å². The number of morpholine rings is 1. The van der Waals surface area contributed by atoms with Crippen molar-refractivity contribution in [2.75, 3.05) is 39.4 Å². The molecule has 4 rings (SSSR count). The van der Waals surface area contributed by atoms with Crippen molar-refractivity contribution in [3.63, 3.8) is 0 Å². The summed E-state index contributed by atoms with van der Waals surface area (Å²) in [7, 11) is 0. The largest absolute Gasteiger partial charge is 0.377 e. The van der Waals surface area contributed by atoms with Crippen LogP contribution in [0.15, 0.2) is 24.4 Å². The van der Waals surface area contributed by atoms with Crippen LogP contribution in [0.1, 0.15) is 23.3 Å². The molecule has 124 valence electrons. The van der Waals surface area contributed by atoms with Crippen molar-refractivity contribution in [1.29, 1.82) is 0 Å². The third kappa shape index (κ3) is 3.11. The number of amides is 1. The molecule has 6 nitrogen and oxygen atoms in total. The van der Waals surface area contributed by atoms with Crippen LogP contribution in [0.25, 0.3) is 0 Å². The summed E-state index contributed by atoms with van der Waals surface area (Å²) in [5.74, 6) is 0.000617. The Morgan fingerprint density at radius 1 is 1.26 bits per heavy atom. The first kappa shape index (κ1) is 15.1. The number of nitrogens with zero attached hydrogens (tertiary/aromatic N) is 3. The molecule has 6 heteroatoms. The maximum Gasteiger partial charge on any atom is 0.272 e. The molecule has 3 fully saturated rings. The van der Waals surface area contributed by atoms with Gasteiger partial charge in [0.25, 0.3) is 5.91 Å². The van der Waals surface area contributed by atoms with Crippen LogP contribution in [-0.4, -0.2) is 78.3 Å². The highest BCUT2D eigenvalue weighted by Crippen LogP contribution is 2.25. The Morgan fingerprint density at radius 3 is 3.00 bits per heavy atom. The topological polar surface area (TPSA) is 54.9 Å². The second-order valence-electron chi connectivity index (χ2n) is 6.53. The summed E-state index contributed by atoms with van der Waals surface area (Å²) in [4.78, 5) is 21.1. The van der Waals surface area contributed by atoms with E-state index in [1.807, 2.05) is 17.0 Å². The Bertz CT molecular complexity index is 547. The zero-order valence-electron chi connectivity index (χ0n) is 13.3. The number of fused-ring (bicyclic) bond motifs is 1. The normalized spacial score (nSPS) is 31.3.